The average molecular weight is 582 g/mol. The summed E-state index contributed by atoms with van der Waals surface area (Å²) >= 11 is 6.33. The van der Waals surface area contributed by atoms with Gasteiger partial charge in [-0.05, 0) is 48.0 Å². The van der Waals surface area contributed by atoms with E-state index in [1.807, 2.05) is 24.3 Å². The normalized spacial score (nSPS) is 14.5. The number of nitrogens with zero attached hydrogens (tertiary/aromatic N) is 1. The van der Waals surface area contributed by atoms with Crippen molar-refractivity contribution in [1.82, 2.24) is 15.0 Å². The first-order chi connectivity index (χ1) is 20.3. The molecule has 1 aliphatic rings. The molecular formula is C31H24ClN5O5. The Morgan fingerprint density at radius 3 is 2.50 bits per heavy atom. The van der Waals surface area contributed by atoms with Crippen molar-refractivity contribution in [3.05, 3.63) is 89.4 Å². The molecule has 2 amide bonds. The number of aromatic hydroxyl groups is 1. The van der Waals surface area contributed by atoms with Gasteiger partial charge in [-0.25, -0.2) is 4.79 Å². The molecule has 42 heavy (non-hydrogen) atoms. The Bertz CT molecular complexity index is 2040. The van der Waals surface area contributed by atoms with Crippen LogP contribution in [0.15, 0.2) is 66.7 Å². The number of nitrogens with one attached hydrogen (secondary N) is 4. The molecule has 210 valence electrons. The summed E-state index contributed by atoms with van der Waals surface area (Å²) in [6.45, 7) is 0.302. The number of esters is 1. The maximum absolute atomic E-state index is 13.8. The van der Waals surface area contributed by atoms with Gasteiger partial charge in [-0.2, -0.15) is 0 Å². The minimum absolute atomic E-state index is 0.0982. The Balaban J connectivity index is 1.19. The van der Waals surface area contributed by atoms with E-state index in [0.29, 0.717) is 40.2 Å². The fourth-order valence-electron chi connectivity index (χ4n) is 5.75. The number of alkyl halides is 1. The second-order valence-corrected chi connectivity index (χ2v) is 10.6. The third-order valence-electron chi connectivity index (χ3n) is 7.74. The topological polar surface area (TPSA) is 143 Å². The maximum Gasteiger partial charge on any atom is 0.354 e. The molecule has 1 aliphatic heterocycles. The molecule has 0 aliphatic carbocycles. The van der Waals surface area contributed by atoms with Crippen LogP contribution in [0.25, 0.3) is 32.7 Å². The third-order valence-corrected chi connectivity index (χ3v) is 8.11. The number of aromatic amines is 3. The van der Waals surface area contributed by atoms with Crippen LogP contribution >= 0.6 is 11.6 Å². The van der Waals surface area contributed by atoms with Crippen LogP contribution in [0.2, 0.25) is 0 Å². The van der Waals surface area contributed by atoms with Crippen LogP contribution in [0.5, 0.6) is 5.75 Å². The molecule has 0 saturated heterocycles. The lowest BCUT2D eigenvalue weighted by Gasteiger charge is -2.17. The number of carbonyl (C=O) groups excluding carboxylic acids is 3. The highest BCUT2D eigenvalue weighted by molar-refractivity contribution is 6.19. The van der Waals surface area contributed by atoms with Gasteiger partial charge < -0.3 is 35.0 Å². The number of aromatic nitrogens is 3. The SMILES string of the molecule is COC(=O)c1cc2c3c(cc(O)c2[nH]1)N(C(=O)c1cc2cc(NC(=O)c4cc5ccccc5[nH]4)ccc2[nH]1)C[C@@H]3CCl. The number of phenolic OH excluding ortho intramolecular Hbond substituents is 1. The van der Waals surface area contributed by atoms with Crippen molar-refractivity contribution >= 4 is 73.5 Å². The zero-order valence-electron chi connectivity index (χ0n) is 22.2. The molecule has 11 heteroatoms. The van der Waals surface area contributed by atoms with E-state index in [-0.39, 0.29) is 35.1 Å². The van der Waals surface area contributed by atoms with Gasteiger partial charge >= 0.3 is 5.97 Å². The number of anilines is 2. The van der Waals surface area contributed by atoms with Crippen molar-refractivity contribution in [3.63, 3.8) is 0 Å². The predicted molar refractivity (Wildman–Crippen MR) is 161 cm³/mol. The standard InChI is InChI=1S/C31H24ClN5O5/c1-42-31(41)24-11-19-27-17(13-32)14-37(25(27)12-26(38)28(19)36-24)30(40)23-10-16-8-18(6-7-21(16)35-23)33-29(39)22-9-15-4-2-3-5-20(15)34-22/h2-12,17,34-36,38H,13-14H2,1H3,(H,33,39)/t17-/m0/s1. The minimum atomic E-state index is -0.567. The van der Waals surface area contributed by atoms with E-state index in [1.165, 1.54) is 13.2 Å². The van der Waals surface area contributed by atoms with Crippen molar-refractivity contribution in [2.45, 2.75) is 5.92 Å². The Labute approximate surface area is 243 Å². The van der Waals surface area contributed by atoms with Crippen LogP contribution in [0.4, 0.5) is 11.4 Å². The number of H-pyrrole nitrogens is 3. The predicted octanol–water partition coefficient (Wildman–Crippen LogP) is 5.86. The summed E-state index contributed by atoms with van der Waals surface area (Å²) in [5, 5.41) is 16.0. The van der Waals surface area contributed by atoms with E-state index in [9.17, 15) is 19.5 Å². The number of fused-ring (bicyclic) bond motifs is 5. The Hall–Kier alpha value is -5.22. The van der Waals surface area contributed by atoms with Crippen molar-refractivity contribution in [1.29, 1.82) is 0 Å². The second kappa shape index (κ2) is 9.71. The van der Waals surface area contributed by atoms with Crippen molar-refractivity contribution in [2.24, 2.45) is 0 Å². The molecule has 0 saturated carbocycles. The van der Waals surface area contributed by atoms with E-state index in [4.69, 9.17) is 16.3 Å². The van der Waals surface area contributed by atoms with E-state index in [2.05, 4.69) is 20.3 Å². The molecule has 1 atom stereocenters. The van der Waals surface area contributed by atoms with Crippen LogP contribution in [0.1, 0.15) is 42.9 Å². The number of phenols is 1. The van der Waals surface area contributed by atoms with Crippen molar-refractivity contribution in [2.75, 3.05) is 29.8 Å². The molecule has 0 bridgehead atoms. The lowest BCUT2D eigenvalue weighted by atomic mass is 9.98. The molecule has 0 radical (unpaired) electrons. The number of rotatable bonds is 5. The number of hydrogen-bond donors (Lipinski definition) is 5. The number of halogens is 1. The highest BCUT2D eigenvalue weighted by Crippen LogP contribution is 2.46. The van der Waals surface area contributed by atoms with Gasteiger partial charge in [0.05, 0.1) is 18.3 Å². The number of carbonyl (C=O) groups is 3. The molecule has 5 N–H and O–H groups in total. The van der Waals surface area contributed by atoms with Gasteiger partial charge in [0.25, 0.3) is 11.8 Å². The zero-order valence-corrected chi connectivity index (χ0v) is 23.0. The van der Waals surface area contributed by atoms with Gasteiger partial charge in [0, 0.05) is 57.3 Å². The first-order valence-electron chi connectivity index (χ1n) is 13.2. The van der Waals surface area contributed by atoms with E-state index in [1.54, 1.807) is 41.3 Å². The summed E-state index contributed by atoms with van der Waals surface area (Å²) in [5.74, 6) is -1.22. The van der Waals surface area contributed by atoms with Gasteiger partial charge in [-0.3, -0.25) is 9.59 Å². The molecule has 0 unspecified atom stereocenters. The summed E-state index contributed by atoms with van der Waals surface area (Å²) < 4.78 is 4.82. The fourth-order valence-corrected chi connectivity index (χ4v) is 6.00. The molecular weight excluding hydrogens is 558 g/mol. The van der Waals surface area contributed by atoms with E-state index >= 15 is 0 Å². The second-order valence-electron chi connectivity index (χ2n) is 10.3. The number of benzene rings is 3. The number of methoxy groups -OCH3 is 1. The van der Waals surface area contributed by atoms with Gasteiger partial charge in [0.2, 0.25) is 0 Å². The largest absolute Gasteiger partial charge is 0.506 e. The summed E-state index contributed by atoms with van der Waals surface area (Å²) in [6, 6.07) is 19.7. The van der Waals surface area contributed by atoms with Crippen LogP contribution in [0.3, 0.4) is 0 Å². The molecule has 6 aromatic rings. The van der Waals surface area contributed by atoms with Crippen LogP contribution in [0, 0.1) is 0 Å². The molecule has 0 fully saturated rings. The monoisotopic (exact) mass is 581 g/mol. The van der Waals surface area contributed by atoms with Crippen LogP contribution < -0.4 is 10.2 Å². The Kier molecular flexibility index (Phi) is 5.95. The molecule has 3 aromatic carbocycles. The van der Waals surface area contributed by atoms with Gasteiger partial charge in [0.1, 0.15) is 22.8 Å². The van der Waals surface area contributed by atoms with Gasteiger partial charge in [-0.1, -0.05) is 18.2 Å². The minimum Gasteiger partial charge on any atom is -0.506 e. The smallest absolute Gasteiger partial charge is 0.354 e. The number of amides is 2. The van der Waals surface area contributed by atoms with Gasteiger partial charge in [-0.15, -0.1) is 11.6 Å². The third kappa shape index (κ3) is 4.07. The molecule has 3 aromatic heterocycles. The highest BCUT2D eigenvalue weighted by atomic mass is 35.5. The van der Waals surface area contributed by atoms with Crippen molar-refractivity contribution in [3.8, 4) is 5.75 Å². The Morgan fingerprint density at radius 2 is 1.71 bits per heavy atom. The quantitative estimate of drug-likeness (QED) is 0.128. The lowest BCUT2D eigenvalue weighted by Crippen LogP contribution is -2.30. The maximum atomic E-state index is 13.8. The Morgan fingerprint density at radius 1 is 0.952 bits per heavy atom. The van der Waals surface area contributed by atoms with Crippen LogP contribution in [-0.2, 0) is 4.74 Å². The molecule has 7 rings (SSSR count). The first kappa shape index (κ1) is 25.7. The molecule has 0 spiro atoms. The fraction of sp³-hybridized carbons (Fsp3) is 0.129. The summed E-state index contributed by atoms with van der Waals surface area (Å²) in [6.07, 6.45) is 0. The van der Waals surface area contributed by atoms with Crippen LogP contribution in [-0.4, -0.2) is 57.4 Å². The highest BCUT2D eigenvalue weighted by Gasteiger charge is 2.36. The summed E-state index contributed by atoms with van der Waals surface area (Å²) in [5.41, 5.74) is 4.84. The number of ether oxygens (including phenoxy) is 1. The number of para-hydroxylation sites is 1. The summed E-state index contributed by atoms with van der Waals surface area (Å²) in [4.78, 5) is 49.6. The molecule has 10 nitrogen and oxygen atoms in total. The summed E-state index contributed by atoms with van der Waals surface area (Å²) in [7, 11) is 1.28. The zero-order chi connectivity index (χ0) is 29.1. The number of hydrogen-bond acceptors (Lipinski definition) is 5. The van der Waals surface area contributed by atoms with E-state index < -0.39 is 5.97 Å². The first-order valence-corrected chi connectivity index (χ1v) is 13.7. The lowest BCUT2D eigenvalue weighted by molar-refractivity contribution is 0.0595. The van der Waals surface area contributed by atoms with Crippen molar-refractivity contribution < 1.29 is 24.2 Å². The average Bonchev–Trinajstić information content (AvgIpc) is 3.78. The van der Waals surface area contributed by atoms with E-state index in [0.717, 1.165) is 27.4 Å². The van der Waals surface area contributed by atoms with Gasteiger partial charge in [0.15, 0.2) is 0 Å². The molecule has 4 heterocycles.